The Bertz CT molecular complexity index is 776. The quantitative estimate of drug-likeness (QED) is 0.785. The summed E-state index contributed by atoms with van der Waals surface area (Å²) in [6.45, 7) is 0.530. The smallest absolute Gasteiger partial charge is 0.161 e. The van der Waals surface area contributed by atoms with Gasteiger partial charge in [0.25, 0.3) is 0 Å². The monoisotopic (exact) mass is 299 g/mol. The molecular weight excluding hydrogens is 286 g/mol. The highest BCUT2D eigenvalue weighted by Gasteiger charge is 2.09. The molecule has 5 heteroatoms. The van der Waals surface area contributed by atoms with Crippen LogP contribution in [0.25, 0.3) is 10.8 Å². The third-order valence-electron chi connectivity index (χ3n) is 3.21. The molecule has 3 aromatic rings. The van der Waals surface area contributed by atoms with Crippen molar-refractivity contribution in [2.24, 2.45) is 0 Å². The van der Waals surface area contributed by atoms with Crippen LogP contribution in [0.4, 0.5) is 11.5 Å². The molecule has 0 fully saturated rings. The molecular formula is C16H14ClN3O. The maximum absolute atomic E-state index is 6.09. The molecule has 0 atom stereocenters. The van der Waals surface area contributed by atoms with Gasteiger partial charge in [0.15, 0.2) is 11.0 Å². The minimum Gasteiger partial charge on any atom is -0.380 e. The molecule has 0 amide bonds. The molecule has 0 unspecified atom stereocenters. The van der Waals surface area contributed by atoms with Gasteiger partial charge in [-0.05, 0) is 6.07 Å². The molecule has 2 aromatic carbocycles. The van der Waals surface area contributed by atoms with Crippen molar-refractivity contribution in [2.75, 3.05) is 12.4 Å². The zero-order chi connectivity index (χ0) is 14.7. The highest BCUT2D eigenvalue weighted by Crippen LogP contribution is 2.28. The van der Waals surface area contributed by atoms with Gasteiger partial charge < -0.3 is 10.1 Å². The zero-order valence-corrected chi connectivity index (χ0v) is 12.3. The van der Waals surface area contributed by atoms with Crippen molar-refractivity contribution in [1.29, 1.82) is 0 Å². The fourth-order valence-corrected chi connectivity index (χ4v) is 2.42. The Hall–Kier alpha value is -2.17. The minimum atomic E-state index is 0.404. The molecule has 0 bridgehead atoms. The summed E-state index contributed by atoms with van der Waals surface area (Å²) in [4.78, 5) is 0. The lowest BCUT2D eigenvalue weighted by molar-refractivity contribution is 0.185. The van der Waals surface area contributed by atoms with E-state index in [4.69, 9.17) is 16.3 Å². The maximum atomic E-state index is 6.09. The number of rotatable bonds is 4. The molecule has 1 heterocycles. The molecule has 4 nitrogen and oxygen atoms in total. The zero-order valence-electron chi connectivity index (χ0n) is 11.5. The second kappa shape index (κ2) is 6.08. The lowest BCUT2D eigenvalue weighted by Gasteiger charge is -2.12. The van der Waals surface area contributed by atoms with Crippen LogP contribution in [-0.4, -0.2) is 17.3 Å². The first-order valence-corrected chi connectivity index (χ1v) is 6.92. The Kier molecular flexibility index (Phi) is 3.99. The van der Waals surface area contributed by atoms with E-state index in [0.29, 0.717) is 17.6 Å². The lowest BCUT2D eigenvalue weighted by Crippen LogP contribution is -2.01. The van der Waals surface area contributed by atoms with E-state index in [9.17, 15) is 0 Å². The van der Waals surface area contributed by atoms with Gasteiger partial charge in [0.1, 0.15) is 0 Å². The van der Waals surface area contributed by atoms with Crippen LogP contribution in [0, 0.1) is 0 Å². The lowest BCUT2D eigenvalue weighted by atomic mass is 10.1. The number of nitrogens with zero attached hydrogens (tertiary/aromatic N) is 2. The second-order valence-corrected chi connectivity index (χ2v) is 4.96. The van der Waals surface area contributed by atoms with Gasteiger partial charge in [0, 0.05) is 29.1 Å². The SMILES string of the molecule is COCc1ccccc1Nc1nnc(Cl)c2ccccc12. The predicted octanol–water partition coefficient (Wildman–Crippen LogP) is 4.17. The van der Waals surface area contributed by atoms with E-state index in [-0.39, 0.29) is 0 Å². The summed E-state index contributed by atoms with van der Waals surface area (Å²) < 4.78 is 5.22. The summed E-state index contributed by atoms with van der Waals surface area (Å²) >= 11 is 6.09. The summed E-state index contributed by atoms with van der Waals surface area (Å²) in [5.74, 6) is 0.679. The van der Waals surface area contributed by atoms with Crippen LogP contribution >= 0.6 is 11.6 Å². The summed E-state index contributed by atoms with van der Waals surface area (Å²) in [5.41, 5.74) is 2.00. The van der Waals surface area contributed by atoms with E-state index in [2.05, 4.69) is 15.5 Å². The number of hydrogen-bond donors (Lipinski definition) is 1. The first-order valence-electron chi connectivity index (χ1n) is 6.54. The van der Waals surface area contributed by atoms with E-state index < -0.39 is 0 Å². The standard InChI is InChI=1S/C16H14ClN3O/c1-21-10-11-6-2-5-9-14(11)18-16-13-8-4-3-7-12(13)15(17)19-20-16/h2-9H,10H2,1H3,(H,18,20). The Labute approximate surface area is 127 Å². The van der Waals surface area contributed by atoms with Gasteiger partial charge in [-0.15, -0.1) is 10.2 Å². The minimum absolute atomic E-state index is 0.404. The third kappa shape index (κ3) is 2.82. The second-order valence-electron chi connectivity index (χ2n) is 4.60. The highest BCUT2D eigenvalue weighted by molar-refractivity contribution is 6.34. The first-order chi connectivity index (χ1) is 10.3. The van der Waals surface area contributed by atoms with Crippen molar-refractivity contribution in [3.63, 3.8) is 0 Å². The number of nitrogens with one attached hydrogen (secondary N) is 1. The van der Waals surface area contributed by atoms with Crippen LogP contribution in [0.15, 0.2) is 48.5 Å². The Morgan fingerprint density at radius 3 is 2.52 bits per heavy atom. The number of hydrogen-bond acceptors (Lipinski definition) is 4. The molecule has 21 heavy (non-hydrogen) atoms. The Balaban J connectivity index is 2.05. The summed E-state index contributed by atoms with van der Waals surface area (Å²) in [5, 5.41) is 13.7. The molecule has 0 spiro atoms. The normalized spacial score (nSPS) is 10.8. The van der Waals surface area contributed by atoms with Crippen LogP contribution in [0.2, 0.25) is 5.15 Å². The number of benzene rings is 2. The van der Waals surface area contributed by atoms with Gasteiger partial charge in [-0.3, -0.25) is 0 Å². The average molecular weight is 300 g/mol. The summed E-state index contributed by atoms with van der Waals surface area (Å²) in [6.07, 6.45) is 0. The number of anilines is 2. The van der Waals surface area contributed by atoms with Crippen molar-refractivity contribution < 1.29 is 4.74 Å². The number of ether oxygens (including phenoxy) is 1. The van der Waals surface area contributed by atoms with E-state index in [1.165, 1.54) is 0 Å². The van der Waals surface area contributed by atoms with Crippen molar-refractivity contribution in [2.45, 2.75) is 6.61 Å². The molecule has 1 aromatic heterocycles. The number of methoxy groups -OCH3 is 1. The van der Waals surface area contributed by atoms with Crippen molar-refractivity contribution >= 4 is 33.9 Å². The fourth-order valence-electron chi connectivity index (χ4n) is 2.21. The van der Waals surface area contributed by atoms with E-state index in [0.717, 1.165) is 22.0 Å². The van der Waals surface area contributed by atoms with Crippen molar-refractivity contribution in [3.05, 3.63) is 59.2 Å². The number of aromatic nitrogens is 2. The van der Waals surface area contributed by atoms with Crippen LogP contribution in [-0.2, 0) is 11.3 Å². The Morgan fingerprint density at radius 2 is 1.71 bits per heavy atom. The van der Waals surface area contributed by atoms with Gasteiger partial charge in [0.2, 0.25) is 0 Å². The first kappa shape index (κ1) is 13.8. The number of fused-ring (bicyclic) bond motifs is 1. The van der Waals surface area contributed by atoms with E-state index in [1.54, 1.807) is 7.11 Å². The molecule has 0 saturated carbocycles. The van der Waals surface area contributed by atoms with Crippen LogP contribution in [0.1, 0.15) is 5.56 Å². The largest absolute Gasteiger partial charge is 0.380 e. The van der Waals surface area contributed by atoms with Crippen LogP contribution < -0.4 is 5.32 Å². The topological polar surface area (TPSA) is 47.0 Å². The molecule has 0 aliphatic heterocycles. The maximum Gasteiger partial charge on any atom is 0.161 e. The van der Waals surface area contributed by atoms with Crippen LogP contribution in [0.3, 0.4) is 0 Å². The highest BCUT2D eigenvalue weighted by atomic mass is 35.5. The van der Waals surface area contributed by atoms with Gasteiger partial charge in [0.05, 0.1) is 6.61 Å². The molecule has 106 valence electrons. The summed E-state index contributed by atoms with van der Waals surface area (Å²) in [6, 6.07) is 15.7. The third-order valence-corrected chi connectivity index (χ3v) is 3.49. The van der Waals surface area contributed by atoms with Crippen molar-refractivity contribution in [3.8, 4) is 0 Å². The molecule has 0 aliphatic rings. The number of halogens is 1. The van der Waals surface area contributed by atoms with Gasteiger partial charge in [-0.2, -0.15) is 0 Å². The fraction of sp³-hybridized carbons (Fsp3) is 0.125. The van der Waals surface area contributed by atoms with Crippen molar-refractivity contribution in [1.82, 2.24) is 10.2 Å². The van der Waals surface area contributed by atoms with E-state index in [1.807, 2.05) is 48.5 Å². The van der Waals surface area contributed by atoms with Gasteiger partial charge in [-0.25, -0.2) is 0 Å². The Morgan fingerprint density at radius 1 is 1.00 bits per heavy atom. The van der Waals surface area contributed by atoms with E-state index >= 15 is 0 Å². The molecule has 0 radical (unpaired) electrons. The van der Waals surface area contributed by atoms with Crippen LogP contribution in [0.5, 0.6) is 0 Å². The molecule has 1 N–H and O–H groups in total. The molecule has 3 rings (SSSR count). The number of para-hydroxylation sites is 1. The molecule has 0 saturated heterocycles. The van der Waals surface area contributed by atoms with Gasteiger partial charge in [-0.1, -0.05) is 54.1 Å². The van der Waals surface area contributed by atoms with Gasteiger partial charge >= 0.3 is 0 Å². The predicted molar refractivity (Wildman–Crippen MR) is 85.0 cm³/mol. The summed E-state index contributed by atoms with van der Waals surface area (Å²) in [7, 11) is 1.67. The average Bonchev–Trinajstić information content (AvgIpc) is 2.52. The molecule has 0 aliphatic carbocycles.